The lowest BCUT2D eigenvalue weighted by Crippen LogP contribution is -2.10. The molecular weight excluding hydrogens is 211 g/mol. The average molecular weight is 219 g/mol. The summed E-state index contributed by atoms with van der Waals surface area (Å²) in [6.45, 7) is 1.67. The summed E-state index contributed by atoms with van der Waals surface area (Å²) in [5.74, 6) is -0.809. The summed E-state index contributed by atoms with van der Waals surface area (Å²) >= 11 is 0. The smallest absolute Gasteiger partial charge is 0.417 e. The van der Waals surface area contributed by atoms with Crippen molar-refractivity contribution in [3.05, 3.63) is 29.6 Å². The molecule has 0 atom stereocenters. The fraction of sp³-hybridized carbons (Fsp3) is 0.333. The molecule has 0 spiro atoms. The van der Waals surface area contributed by atoms with Crippen molar-refractivity contribution < 1.29 is 22.7 Å². The summed E-state index contributed by atoms with van der Waals surface area (Å²) < 4.78 is 41.2. The van der Waals surface area contributed by atoms with E-state index in [4.69, 9.17) is 0 Å². The van der Waals surface area contributed by atoms with Crippen LogP contribution in [0.15, 0.2) is 18.5 Å². The van der Waals surface area contributed by atoms with Gasteiger partial charge in [0.05, 0.1) is 17.7 Å². The second kappa shape index (κ2) is 4.29. The number of carbonyl (C=O) groups is 1. The van der Waals surface area contributed by atoms with Crippen molar-refractivity contribution in [2.75, 3.05) is 6.61 Å². The summed E-state index contributed by atoms with van der Waals surface area (Å²) in [7, 11) is 0. The van der Waals surface area contributed by atoms with E-state index in [1.807, 2.05) is 0 Å². The number of hydrogen-bond acceptors (Lipinski definition) is 3. The number of halogens is 3. The van der Waals surface area contributed by atoms with Crippen LogP contribution in [0.25, 0.3) is 0 Å². The Hall–Kier alpha value is -1.59. The van der Waals surface area contributed by atoms with Crippen LogP contribution in [-0.2, 0) is 10.9 Å². The summed E-state index contributed by atoms with van der Waals surface area (Å²) in [6.07, 6.45) is -2.81. The topological polar surface area (TPSA) is 39.2 Å². The van der Waals surface area contributed by atoms with Crippen molar-refractivity contribution >= 4 is 5.97 Å². The molecule has 0 aliphatic heterocycles. The van der Waals surface area contributed by atoms with Gasteiger partial charge >= 0.3 is 12.1 Å². The number of alkyl halides is 3. The molecule has 0 aromatic carbocycles. The Balaban J connectivity index is 2.98. The van der Waals surface area contributed by atoms with Crippen molar-refractivity contribution in [1.82, 2.24) is 4.98 Å². The second-order valence-corrected chi connectivity index (χ2v) is 2.68. The minimum absolute atomic E-state index is 0.106. The first-order valence-electron chi connectivity index (χ1n) is 4.14. The summed E-state index contributed by atoms with van der Waals surface area (Å²) in [5.41, 5.74) is -1.17. The van der Waals surface area contributed by atoms with Crippen LogP contribution in [0.1, 0.15) is 22.8 Å². The van der Waals surface area contributed by atoms with Gasteiger partial charge in [-0.2, -0.15) is 13.2 Å². The monoisotopic (exact) mass is 219 g/mol. The number of aromatic nitrogens is 1. The van der Waals surface area contributed by atoms with E-state index in [0.29, 0.717) is 12.3 Å². The van der Waals surface area contributed by atoms with Gasteiger partial charge in [0, 0.05) is 12.4 Å². The lowest BCUT2D eigenvalue weighted by Gasteiger charge is -2.07. The highest BCUT2D eigenvalue weighted by Crippen LogP contribution is 2.28. The number of rotatable bonds is 2. The maximum Gasteiger partial charge on any atom is 0.417 e. The lowest BCUT2D eigenvalue weighted by molar-refractivity contribution is -0.137. The molecule has 0 saturated carbocycles. The molecule has 1 rings (SSSR count). The molecule has 0 saturated heterocycles. The van der Waals surface area contributed by atoms with E-state index in [0.717, 1.165) is 6.20 Å². The summed E-state index contributed by atoms with van der Waals surface area (Å²) in [5, 5.41) is 0. The minimum atomic E-state index is -4.50. The number of nitrogens with zero attached hydrogens (tertiary/aromatic N) is 1. The molecule has 0 N–H and O–H groups in total. The van der Waals surface area contributed by atoms with Gasteiger partial charge in [0.2, 0.25) is 0 Å². The SMILES string of the molecule is CCOC(=O)c1cncc(C(F)(F)F)c1. The molecule has 0 amide bonds. The zero-order chi connectivity index (χ0) is 11.5. The first-order valence-corrected chi connectivity index (χ1v) is 4.14. The van der Waals surface area contributed by atoms with Gasteiger partial charge in [-0.25, -0.2) is 4.79 Å². The second-order valence-electron chi connectivity index (χ2n) is 2.68. The molecule has 0 aliphatic rings. The zero-order valence-electron chi connectivity index (χ0n) is 7.84. The summed E-state index contributed by atoms with van der Waals surface area (Å²) in [4.78, 5) is 14.4. The Morgan fingerprint density at radius 3 is 2.67 bits per heavy atom. The lowest BCUT2D eigenvalue weighted by atomic mass is 10.2. The van der Waals surface area contributed by atoms with E-state index in [-0.39, 0.29) is 12.2 Å². The molecular formula is C9H8F3NO2. The van der Waals surface area contributed by atoms with Gasteiger partial charge in [-0.15, -0.1) is 0 Å². The maximum absolute atomic E-state index is 12.2. The Labute approximate surface area is 83.9 Å². The first kappa shape index (κ1) is 11.5. The van der Waals surface area contributed by atoms with E-state index >= 15 is 0 Å². The van der Waals surface area contributed by atoms with Crippen LogP contribution >= 0.6 is 0 Å². The van der Waals surface area contributed by atoms with Crippen molar-refractivity contribution in [3.63, 3.8) is 0 Å². The van der Waals surface area contributed by atoms with Crippen molar-refractivity contribution in [2.24, 2.45) is 0 Å². The largest absolute Gasteiger partial charge is 0.462 e. The Morgan fingerprint density at radius 2 is 2.13 bits per heavy atom. The van der Waals surface area contributed by atoms with Crippen LogP contribution in [0.5, 0.6) is 0 Å². The third kappa shape index (κ3) is 2.93. The standard InChI is InChI=1S/C9H8F3NO2/c1-2-15-8(14)6-3-7(5-13-4-6)9(10,11)12/h3-5H,2H2,1H3. The van der Waals surface area contributed by atoms with Crippen LogP contribution in [0.3, 0.4) is 0 Å². The molecule has 3 nitrogen and oxygen atoms in total. The highest BCUT2D eigenvalue weighted by atomic mass is 19.4. The molecule has 15 heavy (non-hydrogen) atoms. The third-order valence-electron chi connectivity index (χ3n) is 1.58. The van der Waals surface area contributed by atoms with Gasteiger partial charge in [0.1, 0.15) is 0 Å². The molecule has 1 heterocycles. The number of ether oxygens (including phenoxy) is 1. The highest BCUT2D eigenvalue weighted by Gasteiger charge is 2.31. The Bertz CT molecular complexity index is 363. The summed E-state index contributed by atoms with van der Waals surface area (Å²) in [6, 6.07) is 0.713. The van der Waals surface area contributed by atoms with Gasteiger partial charge in [-0.3, -0.25) is 4.98 Å². The predicted octanol–water partition coefficient (Wildman–Crippen LogP) is 2.28. The van der Waals surface area contributed by atoms with Gasteiger partial charge in [-0.05, 0) is 13.0 Å². The predicted molar refractivity (Wildman–Crippen MR) is 45.2 cm³/mol. The molecule has 0 bridgehead atoms. The van der Waals surface area contributed by atoms with E-state index in [1.54, 1.807) is 6.92 Å². The molecule has 0 radical (unpaired) electrons. The van der Waals surface area contributed by atoms with Crippen LogP contribution in [-0.4, -0.2) is 17.6 Å². The van der Waals surface area contributed by atoms with Gasteiger partial charge in [0.25, 0.3) is 0 Å². The fourth-order valence-electron chi connectivity index (χ4n) is 0.921. The molecule has 0 unspecified atom stereocenters. The average Bonchev–Trinajstić information content (AvgIpc) is 2.17. The fourth-order valence-corrected chi connectivity index (χ4v) is 0.921. The number of esters is 1. The molecule has 6 heteroatoms. The quantitative estimate of drug-likeness (QED) is 0.716. The van der Waals surface area contributed by atoms with Gasteiger partial charge < -0.3 is 4.74 Å². The van der Waals surface area contributed by atoms with Crippen LogP contribution in [0.4, 0.5) is 13.2 Å². The number of carbonyl (C=O) groups excluding carboxylic acids is 1. The maximum atomic E-state index is 12.2. The molecule has 0 aliphatic carbocycles. The van der Waals surface area contributed by atoms with Crippen molar-refractivity contribution in [3.8, 4) is 0 Å². The molecule has 1 aromatic rings. The van der Waals surface area contributed by atoms with E-state index in [2.05, 4.69) is 9.72 Å². The normalized spacial score (nSPS) is 11.2. The van der Waals surface area contributed by atoms with Crippen molar-refractivity contribution in [2.45, 2.75) is 13.1 Å². The number of hydrogen-bond donors (Lipinski definition) is 0. The number of pyridine rings is 1. The zero-order valence-corrected chi connectivity index (χ0v) is 7.84. The Morgan fingerprint density at radius 1 is 1.47 bits per heavy atom. The molecule has 1 aromatic heterocycles. The molecule has 82 valence electrons. The van der Waals surface area contributed by atoms with E-state index in [1.165, 1.54) is 0 Å². The van der Waals surface area contributed by atoms with Crippen LogP contribution < -0.4 is 0 Å². The van der Waals surface area contributed by atoms with E-state index < -0.39 is 17.7 Å². The third-order valence-corrected chi connectivity index (χ3v) is 1.58. The van der Waals surface area contributed by atoms with Crippen LogP contribution in [0.2, 0.25) is 0 Å². The highest BCUT2D eigenvalue weighted by molar-refractivity contribution is 5.89. The first-order chi connectivity index (χ1) is 6.95. The minimum Gasteiger partial charge on any atom is -0.462 e. The molecule has 0 fully saturated rings. The van der Waals surface area contributed by atoms with E-state index in [9.17, 15) is 18.0 Å². The van der Waals surface area contributed by atoms with Crippen molar-refractivity contribution in [1.29, 1.82) is 0 Å². The Kier molecular flexibility index (Phi) is 3.28. The van der Waals surface area contributed by atoms with Crippen LogP contribution in [0, 0.1) is 0 Å². The van der Waals surface area contributed by atoms with Gasteiger partial charge in [0.15, 0.2) is 0 Å². The van der Waals surface area contributed by atoms with Gasteiger partial charge in [-0.1, -0.05) is 0 Å².